The summed E-state index contributed by atoms with van der Waals surface area (Å²) in [4.78, 5) is 0. The van der Waals surface area contributed by atoms with Crippen molar-refractivity contribution in [1.82, 2.24) is 0 Å². The first-order chi connectivity index (χ1) is 8.33. The zero-order valence-electron chi connectivity index (χ0n) is 14.0. The minimum absolute atomic E-state index is 0. The van der Waals surface area contributed by atoms with Gasteiger partial charge in [0.05, 0.1) is 0 Å². The van der Waals surface area contributed by atoms with Gasteiger partial charge in [-0.15, -0.1) is 28.5 Å². The van der Waals surface area contributed by atoms with Gasteiger partial charge >= 0.3 is 21.7 Å². The average molecular weight is 315 g/mol. The van der Waals surface area contributed by atoms with Crippen LogP contribution in [0.4, 0.5) is 0 Å². The topological polar surface area (TPSA) is 23.8 Å². The van der Waals surface area contributed by atoms with Gasteiger partial charge in [-0.1, -0.05) is 57.2 Å². The van der Waals surface area contributed by atoms with Gasteiger partial charge in [0.15, 0.2) is 0 Å². The molecule has 2 aliphatic carbocycles. The van der Waals surface area contributed by atoms with E-state index >= 15 is 0 Å². The van der Waals surface area contributed by atoms with E-state index in [0.29, 0.717) is 0 Å². The number of fused-ring (bicyclic) bond motifs is 2. The first-order valence-corrected chi connectivity index (χ1v) is 6.23. The van der Waals surface area contributed by atoms with Crippen LogP contribution >= 0.6 is 0 Å². The molecule has 0 spiro atoms. The van der Waals surface area contributed by atoms with Crippen molar-refractivity contribution in [3.05, 3.63) is 72.0 Å². The van der Waals surface area contributed by atoms with Gasteiger partial charge in [0.1, 0.15) is 0 Å². The largest absolute Gasteiger partial charge is 4.00 e. The third kappa shape index (κ3) is 6.60. The van der Waals surface area contributed by atoms with Gasteiger partial charge in [0, 0.05) is 0 Å². The monoisotopic (exact) mass is 315 g/mol. The van der Waals surface area contributed by atoms with Crippen molar-refractivity contribution in [1.29, 1.82) is 0 Å². The predicted octanol–water partition coefficient (Wildman–Crippen LogP) is 4.12. The van der Waals surface area contributed by atoms with Crippen LogP contribution in [0.3, 0.4) is 0 Å². The van der Waals surface area contributed by atoms with Gasteiger partial charge in [0.2, 0.25) is 0 Å². The molecular weight excluding hydrogens is 290 g/mol. The van der Waals surface area contributed by atoms with Crippen LogP contribution in [0.15, 0.2) is 23.8 Å². The maximum Gasteiger partial charge on any atom is 4.00 e. The van der Waals surface area contributed by atoms with Crippen molar-refractivity contribution in [3.63, 3.8) is 0 Å². The summed E-state index contributed by atoms with van der Waals surface area (Å²) in [5.74, 6) is 0. The molecule has 0 aromatic heterocycles. The van der Waals surface area contributed by atoms with E-state index < -0.39 is 0 Å². The van der Waals surface area contributed by atoms with Crippen molar-refractivity contribution in [2.45, 2.75) is 33.2 Å². The van der Waals surface area contributed by atoms with Crippen LogP contribution in [0.1, 0.15) is 38.8 Å². The van der Waals surface area contributed by atoms with Crippen LogP contribution < -0.4 is 10.4 Å². The van der Waals surface area contributed by atoms with Crippen LogP contribution in [0.5, 0.6) is 0 Å². The predicted molar refractivity (Wildman–Crippen MR) is 92.1 cm³/mol. The first kappa shape index (κ1) is 22.4. The molecule has 0 bridgehead atoms. The third-order valence-electron chi connectivity index (χ3n) is 2.51. The Kier molecular flexibility index (Phi) is 9.10. The molecule has 21 heavy (non-hydrogen) atoms. The number of benzene rings is 1. The second-order valence-corrected chi connectivity index (χ2v) is 5.80. The fourth-order valence-electron chi connectivity index (χ4n) is 1.90. The molecule has 1 N–H and O–H groups in total. The van der Waals surface area contributed by atoms with Gasteiger partial charge < -0.3 is 20.6 Å². The van der Waals surface area contributed by atoms with E-state index in [-0.39, 0.29) is 42.1 Å². The van der Waals surface area contributed by atoms with E-state index in [0.717, 1.165) is 0 Å². The fourth-order valence-corrected chi connectivity index (χ4v) is 1.90. The maximum absolute atomic E-state index is 6.94. The summed E-state index contributed by atoms with van der Waals surface area (Å²) in [6.07, 6.45) is 11.9. The number of allylic oxidation sites excluding steroid dienone is 2. The van der Waals surface area contributed by atoms with Crippen LogP contribution in [0.25, 0.3) is 24.0 Å². The quantitative estimate of drug-likeness (QED) is 0.508. The summed E-state index contributed by atoms with van der Waals surface area (Å²) < 4.78 is 0. The molecule has 0 amide bonds. The summed E-state index contributed by atoms with van der Waals surface area (Å²) >= 11 is 0. The fraction of sp³-hybridized carbons (Fsp3) is 0.263. The van der Waals surface area contributed by atoms with Crippen molar-refractivity contribution < 1.29 is 21.7 Å². The zero-order chi connectivity index (χ0) is 13.3. The molecule has 110 valence electrons. The van der Waals surface area contributed by atoms with E-state index in [2.05, 4.69) is 49.4 Å². The summed E-state index contributed by atoms with van der Waals surface area (Å²) in [5.41, 5.74) is 10.5. The first-order valence-electron chi connectivity index (χ1n) is 6.23. The van der Waals surface area contributed by atoms with Crippen LogP contribution in [-0.2, 0) is 21.7 Å². The molecule has 2 aliphatic rings. The molecule has 0 saturated heterocycles. The molecule has 0 unspecified atom stereocenters. The van der Waals surface area contributed by atoms with Crippen molar-refractivity contribution in [3.8, 4) is 0 Å². The van der Waals surface area contributed by atoms with E-state index in [1.165, 1.54) is 27.1 Å². The Bertz CT molecular complexity index is 637. The summed E-state index contributed by atoms with van der Waals surface area (Å²) in [7, 11) is 0. The van der Waals surface area contributed by atoms with Crippen LogP contribution in [-0.4, -0.2) is 5.54 Å². The molecule has 1 aromatic carbocycles. The SMILES string of the molecule is CC(C)(C)[NH-].CC1=[C-]c2cc3c(cc2=C1)C=CC=3.[CH3-].[CH3-].[Ti+4]. The van der Waals surface area contributed by atoms with Gasteiger partial charge in [-0.05, 0) is 5.56 Å². The molecule has 0 radical (unpaired) electrons. The van der Waals surface area contributed by atoms with Gasteiger partial charge in [-0.25, -0.2) is 0 Å². The normalized spacial score (nSPS) is 12.7. The zero-order valence-corrected chi connectivity index (χ0v) is 15.5. The maximum atomic E-state index is 6.94. The Morgan fingerprint density at radius 3 is 2.19 bits per heavy atom. The minimum Gasteiger partial charge on any atom is -0.673 e. The van der Waals surface area contributed by atoms with Gasteiger partial charge in [-0.2, -0.15) is 11.6 Å². The Hall–Kier alpha value is -0.886. The van der Waals surface area contributed by atoms with E-state index in [1.54, 1.807) is 0 Å². The number of hydrogen-bond acceptors (Lipinski definition) is 0. The van der Waals surface area contributed by atoms with Crippen molar-refractivity contribution in [2.24, 2.45) is 0 Å². The molecule has 2 heteroatoms. The molecule has 0 fully saturated rings. The summed E-state index contributed by atoms with van der Waals surface area (Å²) in [6.45, 7) is 7.65. The van der Waals surface area contributed by atoms with Gasteiger partial charge in [0.25, 0.3) is 0 Å². The molecular formula is C19H25NTi. The number of hydrogen-bond donors (Lipinski definition) is 0. The Morgan fingerprint density at radius 1 is 1.05 bits per heavy atom. The number of rotatable bonds is 0. The molecule has 0 heterocycles. The summed E-state index contributed by atoms with van der Waals surface area (Å²) in [6, 6.07) is 4.44. The Balaban J connectivity index is 0. The molecule has 0 aliphatic heterocycles. The third-order valence-corrected chi connectivity index (χ3v) is 2.51. The minimum atomic E-state index is -0.250. The smallest absolute Gasteiger partial charge is 0.673 e. The average Bonchev–Trinajstić information content (AvgIpc) is 2.74. The molecule has 0 atom stereocenters. The molecule has 3 rings (SSSR count). The van der Waals surface area contributed by atoms with Crippen LogP contribution in [0.2, 0.25) is 0 Å². The van der Waals surface area contributed by atoms with Crippen LogP contribution in [0, 0.1) is 20.9 Å². The van der Waals surface area contributed by atoms with Gasteiger partial charge in [-0.3, -0.25) is 0 Å². The van der Waals surface area contributed by atoms with E-state index in [1.807, 2.05) is 20.8 Å². The van der Waals surface area contributed by atoms with Crippen molar-refractivity contribution >= 4 is 18.2 Å². The standard InChI is InChI=1S/C13H9.C4H10N.2CH3.Ti/c1-9-5-12-7-10-3-2-4-11(10)8-13(12)6-9;1-4(2,3)5;;;/h2-5,7-8H,1H3;5H,1-3H3;2*1H3;/q4*-1;+4. The second kappa shape index (κ2) is 8.53. The molecule has 1 nitrogen and oxygen atoms in total. The van der Waals surface area contributed by atoms with E-state index in [4.69, 9.17) is 5.73 Å². The van der Waals surface area contributed by atoms with Crippen molar-refractivity contribution in [2.75, 3.05) is 0 Å². The number of nitrogens with one attached hydrogen (secondary N) is 1. The van der Waals surface area contributed by atoms with E-state index in [9.17, 15) is 0 Å². The second-order valence-electron chi connectivity index (χ2n) is 5.80. The molecule has 1 aromatic rings. The molecule has 0 saturated carbocycles. The summed E-state index contributed by atoms with van der Waals surface area (Å²) in [5, 5.41) is 2.62. The Morgan fingerprint density at radius 2 is 1.62 bits per heavy atom. The Labute approximate surface area is 145 Å².